The van der Waals surface area contributed by atoms with E-state index in [0.717, 1.165) is 0 Å². The second-order valence-electron chi connectivity index (χ2n) is 9.97. The molecular formula is C29H23N3O4. The van der Waals surface area contributed by atoms with Crippen molar-refractivity contribution in [3.63, 3.8) is 0 Å². The van der Waals surface area contributed by atoms with Gasteiger partial charge in [0.15, 0.2) is 0 Å². The number of benzene rings is 3. The molecule has 3 heterocycles. The van der Waals surface area contributed by atoms with Crippen LogP contribution in [0.5, 0.6) is 5.75 Å². The maximum Gasteiger partial charge on any atom is 0.240 e. The Morgan fingerprint density at radius 3 is 2.39 bits per heavy atom. The Bertz CT molecular complexity index is 1500. The van der Waals surface area contributed by atoms with Crippen molar-refractivity contribution < 1.29 is 19.1 Å². The van der Waals surface area contributed by atoms with E-state index in [2.05, 4.69) is 12.1 Å². The highest BCUT2D eigenvalue weighted by Crippen LogP contribution is 2.62. The van der Waals surface area contributed by atoms with E-state index < -0.39 is 23.0 Å². The molecule has 36 heavy (non-hydrogen) atoms. The number of nitriles is 2. The summed E-state index contributed by atoms with van der Waals surface area (Å²) in [4.78, 5) is 29.0. The quantitative estimate of drug-likeness (QED) is 0.502. The molecule has 0 aliphatic carbocycles. The van der Waals surface area contributed by atoms with Gasteiger partial charge in [0.05, 0.1) is 58.6 Å². The summed E-state index contributed by atoms with van der Waals surface area (Å²) >= 11 is 0. The molecule has 7 nitrogen and oxygen atoms in total. The summed E-state index contributed by atoms with van der Waals surface area (Å²) in [6.45, 7) is 2.26. The predicted molar refractivity (Wildman–Crippen MR) is 131 cm³/mol. The summed E-state index contributed by atoms with van der Waals surface area (Å²) in [6, 6.07) is 21.9. The molecule has 0 unspecified atom stereocenters. The van der Waals surface area contributed by atoms with Gasteiger partial charge in [0.1, 0.15) is 5.75 Å². The van der Waals surface area contributed by atoms with Gasteiger partial charge >= 0.3 is 0 Å². The number of amides is 2. The number of carbonyl (C=O) groups excluding carboxylic acids is 2. The van der Waals surface area contributed by atoms with Crippen LogP contribution in [-0.4, -0.2) is 29.6 Å². The van der Waals surface area contributed by atoms with E-state index in [-0.39, 0.29) is 11.8 Å². The smallest absolute Gasteiger partial charge is 0.240 e. The zero-order valence-electron chi connectivity index (χ0n) is 19.7. The fourth-order valence-electron chi connectivity index (χ4n) is 6.39. The highest BCUT2D eigenvalue weighted by molar-refractivity contribution is 6.26. The Labute approximate surface area is 208 Å². The highest BCUT2D eigenvalue weighted by atomic mass is 16.5. The molecule has 3 aromatic carbocycles. The van der Waals surface area contributed by atoms with Gasteiger partial charge in [-0.15, -0.1) is 0 Å². The van der Waals surface area contributed by atoms with Gasteiger partial charge in [-0.25, -0.2) is 4.90 Å². The normalized spacial score (nSPS) is 28.2. The molecule has 0 aromatic heterocycles. The molecule has 6 rings (SSSR count). The topological polar surface area (TPSA) is 103 Å². The average Bonchev–Trinajstić information content (AvgIpc) is 3.48. The SMILES string of the molecule is C[C@@]12CC[C@@](CCOc3ccc(C#N)cc3)(O1)[C@H]1C(=O)N(c3ccc(C#N)c4ccccc34)C(=O)[C@H]12. The van der Waals surface area contributed by atoms with Crippen molar-refractivity contribution in [2.45, 2.75) is 37.4 Å². The second kappa shape index (κ2) is 7.91. The van der Waals surface area contributed by atoms with Crippen molar-refractivity contribution in [2.75, 3.05) is 11.5 Å². The third-order valence-electron chi connectivity index (χ3n) is 8.05. The Morgan fingerprint density at radius 2 is 1.67 bits per heavy atom. The van der Waals surface area contributed by atoms with Gasteiger partial charge in [-0.3, -0.25) is 9.59 Å². The number of hydrogen-bond acceptors (Lipinski definition) is 6. The van der Waals surface area contributed by atoms with Crippen molar-refractivity contribution in [1.29, 1.82) is 10.5 Å². The maximum absolute atomic E-state index is 13.9. The molecule has 7 heteroatoms. The lowest BCUT2D eigenvalue weighted by atomic mass is 9.67. The molecule has 3 aliphatic heterocycles. The van der Waals surface area contributed by atoms with E-state index in [0.29, 0.717) is 59.2 Å². The van der Waals surface area contributed by atoms with Crippen molar-refractivity contribution in [1.82, 2.24) is 0 Å². The van der Waals surface area contributed by atoms with Crippen LogP contribution >= 0.6 is 0 Å². The van der Waals surface area contributed by atoms with Crippen LogP contribution in [0.15, 0.2) is 60.7 Å². The van der Waals surface area contributed by atoms with Crippen molar-refractivity contribution in [2.24, 2.45) is 11.8 Å². The van der Waals surface area contributed by atoms with Crippen LogP contribution in [0.4, 0.5) is 5.69 Å². The van der Waals surface area contributed by atoms with Gasteiger partial charge in [0, 0.05) is 17.2 Å². The Morgan fingerprint density at radius 1 is 0.944 bits per heavy atom. The van der Waals surface area contributed by atoms with E-state index in [1.165, 1.54) is 4.90 Å². The highest BCUT2D eigenvalue weighted by Gasteiger charge is 2.73. The molecule has 3 aliphatic rings. The third-order valence-corrected chi connectivity index (χ3v) is 8.05. The Kier molecular flexibility index (Phi) is 4.90. The maximum atomic E-state index is 13.9. The van der Waals surface area contributed by atoms with Gasteiger partial charge in [0.2, 0.25) is 11.8 Å². The minimum absolute atomic E-state index is 0.239. The molecule has 178 valence electrons. The zero-order valence-corrected chi connectivity index (χ0v) is 19.7. The first-order valence-corrected chi connectivity index (χ1v) is 12.0. The number of fused-ring (bicyclic) bond motifs is 6. The first-order valence-electron chi connectivity index (χ1n) is 12.0. The fourth-order valence-corrected chi connectivity index (χ4v) is 6.39. The van der Waals surface area contributed by atoms with Crippen molar-refractivity contribution in [3.8, 4) is 17.9 Å². The zero-order chi connectivity index (χ0) is 25.1. The predicted octanol–water partition coefficient (Wildman–Crippen LogP) is 4.48. The van der Waals surface area contributed by atoms with Gasteiger partial charge < -0.3 is 9.47 Å². The second-order valence-corrected chi connectivity index (χ2v) is 9.97. The van der Waals surface area contributed by atoms with Crippen molar-refractivity contribution in [3.05, 3.63) is 71.8 Å². The van der Waals surface area contributed by atoms with E-state index in [4.69, 9.17) is 14.7 Å². The molecule has 2 bridgehead atoms. The van der Waals surface area contributed by atoms with Crippen molar-refractivity contribution >= 4 is 28.3 Å². The van der Waals surface area contributed by atoms with Crippen LogP contribution in [0.1, 0.15) is 37.3 Å². The van der Waals surface area contributed by atoms with Crippen LogP contribution in [0, 0.1) is 34.5 Å². The van der Waals surface area contributed by atoms with E-state index in [1.807, 2.05) is 31.2 Å². The molecule has 4 atom stereocenters. The summed E-state index contributed by atoms with van der Waals surface area (Å²) in [6.07, 6.45) is 1.86. The first kappa shape index (κ1) is 22.3. The molecule has 3 fully saturated rings. The molecule has 3 aromatic rings. The minimum atomic E-state index is -0.768. The van der Waals surface area contributed by atoms with Gasteiger partial charge in [-0.05, 0) is 56.2 Å². The lowest BCUT2D eigenvalue weighted by molar-refractivity contribution is -0.131. The van der Waals surface area contributed by atoms with Gasteiger partial charge in [0.25, 0.3) is 0 Å². The van der Waals surface area contributed by atoms with Crippen LogP contribution in [0.2, 0.25) is 0 Å². The molecule has 0 N–H and O–H groups in total. The largest absolute Gasteiger partial charge is 0.493 e. The van der Waals surface area contributed by atoms with Crippen LogP contribution in [0.3, 0.4) is 0 Å². The number of ether oxygens (including phenoxy) is 2. The van der Waals surface area contributed by atoms with Crippen LogP contribution in [0.25, 0.3) is 10.8 Å². The summed E-state index contributed by atoms with van der Waals surface area (Å²) in [5.74, 6) is -0.982. The van der Waals surface area contributed by atoms with Gasteiger partial charge in [-0.2, -0.15) is 10.5 Å². The third kappa shape index (κ3) is 3.07. The standard InChI is InChI=1S/C29H23N3O4/c1-28-12-13-29(36-28,14-15-35-20-9-6-18(16-30)7-10-20)25-24(28)26(33)32(27(25)34)23-11-8-19(17-31)21-4-2-3-5-22(21)23/h2-11,24-25H,12-15H2,1H3/t24-,25+,28-,29-/m0/s1. The number of carbonyl (C=O) groups is 2. The number of rotatable bonds is 5. The summed E-state index contributed by atoms with van der Waals surface area (Å²) in [5.41, 5.74) is 0.0974. The number of hydrogen-bond donors (Lipinski definition) is 0. The molecule has 3 saturated heterocycles. The lowest BCUT2D eigenvalue weighted by Gasteiger charge is -2.31. The van der Waals surface area contributed by atoms with Crippen LogP contribution in [-0.2, 0) is 14.3 Å². The molecule has 2 amide bonds. The first-order chi connectivity index (χ1) is 17.4. The summed E-state index contributed by atoms with van der Waals surface area (Å²) < 4.78 is 12.4. The molecule has 0 radical (unpaired) electrons. The molecule has 0 spiro atoms. The summed E-state index contributed by atoms with van der Waals surface area (Å²) in [7, 11) is 0. The minimum Gasteiger partial charge on any atom is -0.493 e. The number of imide groups is 1. The monoisotopic (exact) mass is 477 g/mol. The van der Waals surface area contributed by atoms with E-state index in [1.54, 1.807) is 36.4 Å². The van der Waals surface area contributed by atoms with Crippen LogP contribution < -0.4 is 9.64 Å². The molecule has 0 saturated carbocycles. The van der Waals surface area contributed by atoms with Gasteiger partial charge in [-0.1, -0.05) is 24.3 Å². The lowest BCUT2D eigenvalue weighted by Crippen LogP contribution is -2.43. The summed E-state index contributed by atoms with van der Waals surface area (Å²) in [5, 5.41) is 19.9. The molecular weight excluding hydrogens is 454 g/mol. The average molecular weight is 478 g/mol. The van der Waals surface area contributed by atoms with E-state index in [9.17, 15) is 14.9 Å². The fraction of sp³-hybridized carbons (Fsp3) is 0.310. The van der Waals surface area contributed by atoms with E-state index >= 15 is 0 Å². The Balaban J connectivity index is 1.31. The number of anilines is 1. The Hall–Kier alpha value is -4.20. The number of nitrogens with zero attached hydrogens (tertiary/aromatic N) is 3.